The van der Waals surface area contributed by atoms with Crippen LogP contribution in [0.25, 0.3) is 11.2 Å². The number of H-pyrrole nitrogens is 1. The van der Waals surface area contributed by atoms with E-state index in [9.17, 15) is 14.4 Å². The number of nitrogens with zero attached hydrogens (tertiary/aromatic N) is 5. The molecular weight excluding hydrogens is 376 g/mol. The fourth-order valence-corrected chi connectivity index (χ4v) is 3.17. The topological polar surface area (TPSA) is 117 Å². The van der Waals surface area contributed by atoms with Crippen LogP contribution in [0.1, 0.15) is 56.2 Å². The minimum absolute atomic E-state index is 0.105. The third-order valence-electron chi connectivity index (χ3n) is 4.67. The summed E-state index contributed by atoms with van der Waals surface area (Å²) in [4.78, 5) is 44.0. The van der Waals surface area contributed by atoms with Crippen LogP contribution in [0.5, 0.6) is 0 Å². The lowest BCUT2D eigenvalue weighted by Gasteiger charge is -2.08. The predicted octanol–water partition coefficient (Wildman–Crippen LogP) is 1.67. The van der Waals surface area contributed by atoms with Crippen LogP contribution in [-0.2, 0) is 31.0 Å². The molecule has 0 bridgehead atoms. The maximum absolute atomic E-state index is 12.5. The number of aromatic nitrogens is 6. The number of fused-ring (bicyclic) bond motifs is 1. The minimum Gasteiger partial charge on any atom is -0.454 e. The zero-order valence-electron chi connectivity index (χ0n) is 17.0. The number of hydrogen-bond acceptors (Lipinski definition) is 6. The smallest absolute Gasteiger partial charge is 0.341 e. The summed E-state index contributed by atoms with van der Waals surface area (Å²) in [5.74, 6) is -0.0866. The largest absolute Gasteiger partial charge is 0.454 e. The van der Waals surface area contributed by atoms with Crippen molar-refractivity contribution in [3.05, 3.63) is 44.6 Å². The van der Waals surface area contributed by atoms with E-state index < -0.39 is 17.2 Å². The summed E-state index contributed by atoms with van der Waals surface area (Å²) in [5, 5.41) is 4.07. The number of esters is 1. The van der Waals surface area contributed by atoms with Crippen molar-refractivity contribution in [1.82, 2.24) is 28.9 Å². The molecular formula is C19H26N6O4. The SMILES string of the molecule is CCCCn1c(=O)[nH]c(=O)c2c1nc(COC(=O)c1cnn(CC)c1)n2CCC. The zero-order chi connectivity index (χ0) is 21.0. The Kier molecular flexibility index (Phi) is 6.30. The molecule has 0 aliphatic carbocycles. The van der Waals surface area contributed by atoms with Gasteiger partial charge in [0.25, 0.3) is 5.56 Å². The van der Waals surface area contributed by atoms with Gasteiger partial charge in [-0.05, 0) is 19.8 Å². The molecule has 0 aliphatic heterocycles. The zero-order valence-corrected chi connectivity index (χ0v) is 17.0. The second-order valence-corrected chi connectivity index (χ2v) is 6.78. The summed E-state index contributed by atoms with van der Waals surface area (Å²) in [7, 11) is 0. The molecule has 156 valence electrons. The second-order valence-electron chi connectivity index (χ2n) is 6.78. The van der Waals surface area contributed by atoms with E-state index in [1.807, 2.05) is 20.8 Å². The fraction of sp³-hybridized carbons (Fsp3) is 0.526. The summed E-state index contributed by atoms with van der Waals surface area (Å²) in [6.07, 6.45) is 5.51. The van der Waals surface area contributed by atoms with Crippen molar-refractivity contribution in [2.24, 2.45) is 0 Å². The molecule has 3 heterocycles. The number of aryl methyl sites for hydroxylation is 3. The van der Waals surface area contributed by atoms with Gasteiger partial charge in [-0.1, -0.05) is 20.3 Å². The van der Waals surface area contributed by atoms with Gasteiger partial charge in [-0.3, -0.25) is 19.0 Å². The van der Waals surface area contributed by atoms with Crippen LogP contribution in [-0.4, -0.2) is 34.9 Å². The molecule has 0 saturated carbocycles. The van der Waals surface area contributed by atoms with Crippen LogP contribution < -0.4 is 11.2 Å². The summed E-state index contributed by atoms with van der Waals surface area (Å²) in [5.41, 5.74) is 0.0359. The molecule has 0 aliphatic rings. The number of aromatic amines is 1. The first-order chi connectivity index (χ1) is 14.0. The third-order valence-corrected chi connectivity index (χ3v) is 4.67. The maximum Gasteiger partial charge on any atom is 0.341 e. The highest BCUT2D eigenvalue weighted by molar-refractivity contribution is 5.88. The van der Waals surface area contributed by atoms with E-state index in [-0.39, 0.29) is 6.61 Å². The first kappa shape index (κ1) is 20.6. The van der Waals surface area contributed by atoms with Gasteiger partial charge < -0.3 is 9.30 Å². The molecule has 0 atom stereocenters. The first-order valence-electron chi connectivity index (χ1n) is 9.91. The molecule has 0 amide bonds. The maximum atomic E-state index is 12.5. The Bertz CT molecular complexity index is 1120. The van der Waals surface area contributed by atoms with Gasteiger partial charge in [-0.15, -0.1) is 0 Å². The van der Waals surface area contributed by atoms with Gasteiger partial charge in [-0.25, -0.2) is 14.6 Å². The summed E-state index contributed by atoms with van der Waals surface area (Å²) >= 11 is 0. The quantitative estimate of drug-likeness (QED) is 0.544. The lowest BCUT2D eigenvalue weighted by Crippen LogP contribution is -2.31. The Hall–Kier alpha value is -3.17. The molecule has 0 saturated heterocycles. The number of ether oxygens (including phenoxy) is 1. The van der Waals surface area contributed by atoms with Crippen LogP contribution in [0, 0.1) is 0 Å². The highest BCUT2D eigenvalue weighted by Gasteiger charge is 2.19. The summed E-state index contributed by atoms with van der Waals surface area (Å²) < 4.78 is 10.2. The molecule has 3 aromatic heterocycles. The highest BCUT2D eigenvalue weighted by atomic mass is 16.5. The molecule has 0 unspecified atom stereocenters. The van der Waals surface area contributed by atoms with Crippen molar-refractivity contribution in [1.29, 1.82) is 0 Å². The molecule has 0 spiro atoms. The van der Waals surface area contributed by atoms with Crippen LogP contribution in [0.4, 0.5) is 0 Å². The average Bonchev–Trinajstić information content (AvgIpc) is 3.32. The van der Waals surface area contributed by atoms with E-state index in [1.165, 1.54) is 10.8 Å². The van der Waals surface area contributed by atoms with Crippen molar-refractivity contribution in [3.63, 3.8) is 0 Å². The van der Waals surface area contributed by atoms with Crippen molar-refractivity contribution in [2.45, 2.75) is 66.3 Å². The lowest BCUT2D eigenvalue weighted by molar-refractivity contribution is 0.0458. The number of imidazole rings is 1. The van der Waals surface area contributed by atoms with Gasteiger partial charge in [0.2, 0.25) is 0 Å². The Morgan fingerprint density at radius 1 is 1.14 bits per heavy atom. The van der Waals surface area contributed by atoms with Gasteiger partial charge >= 0.3 is 11.7 Å². The number of unbranched alkanes of at least 4 members (excludes halogenated alkanes) is 1. The molecule has 3 rings (SSSR count). The van der Waals surface area contributed by atoms with Gasteiger partial charge in [0.05, 0.1) is 11.8 Å². The minimum atomic E-state index is -0.517. The Balaban J connectivity index is 1.97. The Morgan fingerprint density at radius 2 is 1.93 bits per heavy atom. The van der Waals surface area contributed by atoms with Gasteiger partial charge in [0.1, 0.15) is 12.4 Å². The first-order valence-corrected chi connectivity index (χ1v) is 9.91. The monoisotopic (exact) mass is 402 g/mol. The normalized spacial score (nSPS) is 11.3. The van der Waals surface area contributed by atoms with E-state index in [4.69, 9.17) is 4.74 Å². The van der Waals surface area contributed by atoms with E-state index in [0.29, 0.717) is 42.2 Å². The third kappa shape index (κ3) is 4.15. The summed E-state index contributed by atoms with van der Waals surface area (Å²) in [6.45, 7) is 7.44. The number of hydrogen-bond donors (Lipinski definition) is 1. The molecule has 3 aromatic rings. The highest BCUT2D eigenvalue weighted by Crippen LogP contribution is 2.15. The summed E-state index contributed by atoms with van der Waals surface area (Å²) in [6, 6.07) is 0. The molecule has 10 nitrogen and oxygen atoms in total. The molecule has 10 heteroatoms. The number of carbonyl (C=O) groups is 1. The molecule has 0 aromatic carbocycles. The van der Waals surface area contributed by atoms with Crippen molar-refractivity contribution < 1.29 is 9.53 Å². The van der Waals surface area contributed by atoms with E-state index in [0.717, 1.165) is 19.3 Å². The van der Waals surface area contributed by atoms with E-state index in [2.05, 4.69) is 15.1 Å². The molecule has 29 heavy (non-hydrogen) atoms. The molecule has 0 fully saturated rings. The van der Waals surface area contributed by atoms with Crippen LogP contribution in [0.15, 0.2) is 22.0 Å². The molecule has 1 N–H and O–H groups in total. The second kappa shape index (κ2) is 8.89. The Morgan fingerprint density at radius 3 is 2.59 bits per heavy atom. The van der Waals surface area contributed by atoms with Crippen molar-refractivity contribution in [3.8, 4) is 0 Å². The van der Waals surface area contributed by atoms with Gasteiger partial charge in [-0.2, -0.15) is 5.10 Å². The van der Waals surface area contributed by atoms with E-state index in [1.54, 1.807) is 15.4 Å². The van der Waals surface area contributed by atoms with Crippen molar-refractivity contribution >= 4 is 17.1 Å². The van der Waals surface area contributed by atoms with E-state index >= 15 is 0 Å². The van der Waals surface area contributed by atoms with Crippen molar-refractivity contribution in [2.75, 3.05) is 0 Å². The number of carbonyl (C=O) groups excluding carboxylic acids is 1. The lowest BCUT2D eigenvalue weighted by atomic mass is 10.3. The van der Waals surface area contributed by atoms with Gasteiger partial charge in [0.15, 0.2) is 11.2 Å². The number of nitrogens with one attached hydrogen (secondary N) is 1. The average molecular weight is 402 g/mol. The molecule has 0 radical (unpaired) electrons. The fourth-order valence-electron chi connectivity index (χ4n) is 3.17. The predicted molar refractivity (Wildman–Crippen MR) is 107 cm³/mol. The Labute approximate surface area is 167 Å². The van der Waals surface area contributed by atoms with Gasteiger partial charge in [0, 0.05) is 25.8 Å². The van der Waals surface area contributed by atoms with Crippen LogP contribution in [0.3, 0.4) is 0 Å². The number of rotatable bonds is 9. The standard InChI is InChI=1S/C19H26N6O4/c1-4-7-9-25-16-15(17(26)22-19(25)28)24(8-5-2)14(21-16)12-29-18(27)13-10-20-23(6-3)11-13/h10-11H,4-9,12H2,1-3H3,(H,22,26,28). The van der Waals surface area contributed by atoms with Crippen LogP contribution >= 0.6 is 0 Å². The van der Waals surface area contributed by atoms with Crippen LogP contribution in [0.2, 0.25) is 0 Å².